The number of aromatic nitrogens is 2. The fraction of sp³-hybridized carbons (Fsp3) is 0.375. The molecule has 1 aromatic heterocycles. The highest BCUT2D eigenvalue weighted by Gasteiger charge is 2.30. The van der Waals surface area contributed by atoms with Gasteiger partial charge in [-0.3, -0.25) is 4.79 Å². The second-order valence-electron chi connectivity index (χ2n) is 5.45. The van der Waals surface area contributed by atoms with Crippen molar-refractivity contribution in [3.05, 3.63) is 48.0 Å². The summed E-state index contributed by atoms with van der Waals surface area (Å²) in [7, 11) is 1.88. The van der Waals surface area contributed by atoms with Crippen LogP contribution in [0.2, 0.25) is 0 Å². The van der Waals surface area contributed by atoms with E-state index in [0.717, 1.165) is 25.9 Å². The smallest absolute Gasteiger partial charge is 0.274 e. The Hall–Kier alpha value is -2.21. The first-order chi connectivity index (χ1) is 10.7. The summed E-state index contributed by atoms with van der Waals surface area (Å²) in [5.41, 5.74) is 0.695. The summed E-state index contributed by atoms with van der Waals surface area (Å²) in [6, 6.07) is 8.23. The van der Waals surface area contributed by atoms with Gasteiger partial charge in [-0.2, -0.15) is 5.10 Å². The maximum atomic E-state index is 13.8. The van der Waals surface area contributed by atoms with E-state index in [2.05, 4.69) is 10.4 Å². The van der Waals surface area contributed by atoms with Gasteiger partial charge in [-0.05, 0) is 38.1 Å². The lowest BCUT2D eigenvalue weighted by Gasteiger charge is -2.23. The normalized spacial score (nSPS) is 17.9. The molecule has 1 saturated heterocycles. The van der Waals surface area contributed by atoms with E-state index in [4.69, 9.17) is 0 Å². The fourth-order valence-corrected chi connectivity index (χ4v) is 2.91. The highest BCUT2D eigenvalue weighted by atomic mass is 19.1. The summed E-state index contributed by atoms with van der Waals surface area (Å²) in [5, 5.41) is 7.36. The topological polar surface area (TPSA) is 50.2 Å². The zero-order valence-corrected chi connectivity index (χ0v) is 12.5. The Balaban J connectivity index is 1.82. The van der Waals surface area contributed by atoms with Gasteiger partial charge in [-0.25, -0.2) is 9.07 Å². The Bertz CT molecular complexity index is 670. The first-order valence-electron chi connectivity index (χ1n) is 7.47. The molecule has 1 fully saturated rings. The predicted octanol–water partition coefficient (Wildman–Crippen LogP) is 1.84. The zero-order chi connectivity index (χ0) is 15.5. The van der Waals surface area contributed by atoms with Crippen LogP contribution in [0.25, 0.3) is 5.69 Å². The van der Waals surface area contributed by atoms with E-state index in [1.54, 1.807) is 30.5 Å². The number of nitrogens with one attached hydrogen (secondary N) is 1. The lowest BCUT2D eigenvalue weighted by molar-refractivity contribution is 0.0730. The van der Waals surface area contributed by atoms with Gasteiger partial charge < -0.3 is 10.2 Å². The number of carbonyl (C=O) groups is 1. The Labute approximate surface area is 128 Å². The number of para-hydroxylation sites is 1. The van der Waals surface area contributed by atoms with Crippen LogP contribution < -0.4 is 5.32 Å². The molecular formula is C16H19FN4O. The lowest BCUT2D eigenvalue weighted by Crippen LogP contribution is -2.41. The summed E-state index contributed by atoms with van der Waals surface area (Å²) in [5.74, 6) is -0.452. The molecule has 1 aliphatic heterocycles. The standard InChI is InChI=1S/C16H19FN4O/c1-18-11-12-5-4-9-20(12)16(22)14-8-10-21(19-14)15-7-3-2-6-13(15)17/h2-3,6-8,10,12,18H,4-5,9,11H2,1H3. The molecule has 0 radical (unpaired) electrons. The number of likely N-dealkylation sites (tertiary alicyclic amines) is 1. The molecule has 1 amide bonds. The molecule has 5 nitrogen and oxygen atoms in total. The number of halogens is 1. The minimum absolute atomic E-state index is 0.0900. The minimum Gasteiger partial charge on any atom is -0.333 e. The number of nitrogens with zero attached hydrogens (tertiary/aromatic N) is 3. The minimum atomic E-state index is -0.362. The molecule has 0 spiro atoms. The SMILES string of the molecule is CNCC1CCCN1C(=O)c1ccn(-c2ccccc2F)n1. The van der Waals surface area contributed by atoms with Gasteiger partial charge in [0.2, 0.25) is 0 Å². The van der Waals surface area contributed by atoms with Crippen molar-refractivity contribution in [1.29, 1.82) is 0 Å². The number of likely N-dealkylation sites (N-methyl/N-ethyl adjacent to an activating group) is 1. The molecular weight excluding hydrogens is 283 g/mol. The van der Waals surface area contributed by atoms with E-state index in [1.165, 1.54) is 10.7 Å². The summed E-state index contributed by atoms with van der Waals surface area (Å²) in [6.07, 6.45) is 3.63. The van der Waals surface area contributed by atoms with Crippen molar-refractivity contribution >= 4 is 5.91 Å². The van der Waals surface area contributed by atoms with Crippen LogP contribution in [0.1, 0.15) is 23.3 Å². The van der Waals surface area contributed by atoms with Gasteiger partial charge in [-0.1, -0.05) is 12.1 Å². The van der Waals surface area contributed by atoms with Crippen LogP contribution in [0.3, 0.4) is 0 Å². The Kier molecular flexibility index (Phi) is 4.20. The molecule has 2 heterocycles. The van der Waals surface area contributed by atoms with Crippen LogP contribution >= 0.6 is 0 Å². The van der Waals surface area contributed by atoms with E-state index in [1.807, 2.05) is 11.9 Å². The van der Waals surface area contributed by atoms with Gasteiger partial charge in [0.1, 0.15) is 11.5 Å². The van der Waals surface area contributed by atoms with Gasteiger partial charge in [0.15, 0.2) is 5.69 Å². The molecule has 22 heavy (non-hydrogen) atoms. The number of amides is 1. The first kappa shape index (κ1) is 14.7. The monoisotopic (exact) mass is 302 g/mol. The van der Waals surface area contributed by atoms with Gasteiger partial charge in [-0.15, -0.1) is 0 Å². The van der Waals surface area contributed by atoms with Gasteiger partial charge in [0.25, 0.3) is 5.91 Å². The number of benzene rings is 1. The summed E-state index contributed by atoms with van der Waals surface area (Å²) in [4.78, 5) is 14.4. The van der Waals surface area contributed by atoms with Crippen LogP contribution in [-0.2, 0) is 0 Å². The Morgan fingerprint density at radius 2 is 2.23 bits per heavy atom. The molecule has 2 aromatic rings. The van der Waals surface area contributed by atoms with Gasteiger partial charge in [0.05, 0.1) is 0 Å². The van der Waals surface area contributed by atoms with Crippen molar-refractivity contribution in [3.8, 4) is 5.69 Å². The zero-order valence-electron chi connectivity index (χ0n) is 12.5. The average molecular weight is 302 g/mol. The number of hydrogen-bond acceptors (Lipinski definition) is 3. The second kappa shape index (κ2) is 6.27. The second-order valence-corrected chi connectivity index (χ2v) is 5.45. The Morgan fingerprint density at radius 3 is 3.00 bits per heavy atom. The lowest BCUT2D eigenvalue weighted by atomic mass is 10.2. The molecule has 1 atom stereocenters. The Morgan fingerprint density at radius 1 is 1.41 bits per heavy atom. The quantitative estimate of drug-likeness (QED) is 0.937. The van der Waals surface area contributed by atoms with Crippen LogP contribution in [0.15, 0.2) is 36.5 Å². The first-order valence-corrected chi connectivity index (χ1v) is 7.47. The van der Waals surface area contributed by atoms with Crippen molar-refractivity contribution in [2.75, 3.05) is 20.1 Å². The number of hydrogen-bond donors (Lipinski definition) is 1. The molecule has 3 rings (SSSR count). The molecule has 1 N–H and O–H groups in total. The third kappa shape index (κ3) is 2.74. The van der Waals surface area contributed by atoms with Gasteiger partial charge in [0, 0.05) is 25.3 Å². The average Bonchev–Trinajstić information content (AvgIpc) is 3.17. The molecule has 0 saturated carbocycles. The molecule has 0 bridgehead atoms. The predicted molar refractivity (Wildman–Crippen MR) is 81.5 cm³/mol. The van der Waals surface area contributed by atoms with Crippen molar-refractivity contribution in [2.45, 2.75) is 18.9 Å². The molecule has 0 aliphatic carbocycles. The molecule has 116 valence electrons. The van der Waals surface area contributed by atoms with Crippen LogP contribution in [0.5, 0.6) is 0 Å². The summed E-state index contributed by atoms with van der Waals surface area (Å²) >= 11 is 0. The number of carbonyl (C=O) groups excluding carboxylic acids is 1. The van der Waals surface area contributed by atoms with Crippen LogP contribution in [0.4, 0.5) is 4.39 Å². The van der Waals surface area contributed by atoms with E-state index in [-0.39, 0.29) is 17.8 Å². The van der Waals surface area contributed by atoms with E-state index in [9.17, 15) is 9.18 Å². The highest BCUT2D eigenvalue weighted by molar-refractivity contribution is 5.92. The van der Waals surface area contributed by atoms with Gasteiger partial charge >= 0.3 is 0 Å². The number of rotatable bonds is 4. The van der Waals surface area contributed by atoms with Crippen molar-refractivity contribution in [1.82, 2.24) is 20.0 Å². The van der Waals surface area contributed by atoms with E-state index >= 15 is 0 Å². The van der Waals surface area contributed by atoms with E-state index in [0.29, 0.717) is 11.4 Å². The maximum absolute atomic E-state index is 13.8. The van der Waals surface area contributed by atoms with Crippen molar-refractivity contribution in [3.63, 3.8) is 0 Å². The highest BCUT2D eigenvalue weighted by Crippen LogP contribution is 2.20. The van der Waals surface area contributed by atoms with Crippen LogP contribution in [0, 0.1) is 5.82 Å². The third-order valence-electron chi connectivity index (χ3n) is 3.99. The third-order valence-corrected chi connectivity index (χ3v) is 3.99. The molecule has 6 heteroatoms. The van der Waals surface area contributed by atoms with Crippen molar-refractivity contribution < 1.29 is 9.18 Å². The van der Waals surface area contributed by atoms with Crippen molar-refractivity contribution in [2.24, 2.45) is 0 Å². The summed E-state index contributed by atoms with van der Waals surface area (Å²) in [6.45, 7) is 1.53. The van der Waals surface area contributed by atoms with E-state index < -0.39 is 0 Å². The van der Waals surface area contributed by atoms with Crippen LogP contribution in [-0.4, -0.2) is 46.8 Å². The molecule has 1 aliphatic rings. The summed E-state index contributed by atoms with van der Waals surface area (Å²) < 4.78 is 15.2. The largest absolute Gasteiger partial charge is 0.333 e. The maximum Gasteiger partial charge on any atom is 0.274 e. The molecule has 1 unspecified atom stereocenters. The fourth-order valence-electron chi connectivity index (χ4n) is 2.91. The molecule has 1 aromatic carbocycles.